The molecule has 2 aliphatic rings. The molecule has 1 atom stereocenters. The summed E-state index contributed by atoms with van der Waals surface area (Å²) in [5, 5.41) is 0. The van der Waals surface area contributed by atoms with Crippen LogP contribution in [0.2, 0.25) is 0 Å². The summed E-state index contributed by atoms with van der Waals surface area (Å²) in [5.41, 5.74) is 1.06. The number of ether oxygens (including phenoxy) is 1. The second kappa shape index (κ2) is 8.76. The van der Waals surface area contributed by atoms with E-state index in [1.54, 1.807) is 30.0 Å². The van der Waals surface area contributed by atoms with E-state index in [4.69, 9.17) is 4.74 Å². The largest absolute Gasteiger partial charge is 0.479 e. The average Bonchev–Trinajstić information content (AvgIpc) is 2.71. The summed E-state index contributed by atoms with van der Waals surface area (Å²) < 4.78 is 5.70. The Bertz CT molecular complexity index is 755. The molecule has 1 aromatic rings. The van der Waals surface area contributed by atoms with Gasteiger partial charge < -0.3 is 9.64 Å². The van der Waals surface area contributed by atoms with Gasteiger partial charge in [0, 0.05) is 25.1 Å². The quantitative estimate of drug-likeness (QED) is 0.701. The highest BCUT2D eigenvalue weighted by molar-refractivity contribution is 6.05. The first-order valence-electron chi connectivity index (χ1n) is 10.3. The fourth-order valence-electron chi connectivity index (χ4n) is 4.03. The predicted molar refractivity (Wildman–Crippen MR) is 108 cm³/mol. The van der Waals surface area contributed by atoms with Crippen molar-refractivity contribution in [2.75, 3.05) is 18.5 Å². The highest BCUT2D eigenvalue weighted by Gasteiger charge is 2.34. The lowest BCUT2D eigenvalue weighted by Gasteiger charge is -2.36. The van der Waals surface area contributed by atoms with Gasteiger partial charge in [-0.05, 0) is 44.4 Å². The topological polar surface area (TPSA) is 66.9 Å². The summed E-state index contributed by atoms with van der Waals surface area (Å²) in [6.45, 7) is 3.61. The molecule has 3 rings (SSSR count). The van der Waals surface area contributed by atoms with Gasteiger partial charge in [-0.15, -0.1) is 0 Å². The Morgan fingerprint density at radius 1 is 1.21 bits per heavy atom. The van der Waals surface area contributed by atoms with E-state index in [-0.39, 0.29) is 30.2 Å². The lowest BCUT2D eigenvalue weighted by atomic mass is 9.94. The molecule has 1 aliphatic heterocycles. The molecule has 28 heavy (non-hydrogen) atoms. The number of carbonyl (C=O) groups is 3. The van der Waals surface area contributed by atoms with Crippen LogP contribution in [0.25, 0.3) is 0 Å². The number of ketones is 1. The first-order valence-corrected chi connectivity index (χ1v) is 10.3. The maximum Gasteiger partial charge on any atom is 0.268 e. The van der Waals surface area contributed by atoms with Crippen molar-refractivity contribution in [1.82, 2.24) is 4.90 Å². The van der Waals surface area contributed by atoms with E-state index in [1.807, 2.05) is 14.0 Å². The minimum Gasteiger partial charge on any atom is -0.479 e. The third-order valence-corrected chi connectivity index (χ3v) is 5.78. The minimum absolute atomic E-state index is 0.0296. The van der Waals surface area contributed by atoms with Crippen LogP contribution in [0.3, 0.4) is 0 Å². The summed E-state index contributed by atoms with van der Waals surface area (Å²) in [7, 11) is 1.83. The van der Waals surface area contributed by atoms with Crippen molar-refractivity contribution in [3.63, 3.8) is 0 Å². The lowest BCUT2D eigenvalue weighted by Crippen LogP contribution is -2.50. The summed E-state index contributed by atoms with van der Waals surface area (Å²) in [6, 6.07) is 5.38. The van der Waals surface area contributed by atoms with E-state index >= 15 is 0 Å². The fraction of sp³-hybridized carbons (Fsp3) is 0.591. The number of fused-ring (bicyclic) bond motifs is 1. The summed E-state index contributed by atoms with van der Waals surface area (Å²) in [5.74, 6) is 0.235. The van der Waals surface area contributed by atoms with Gasteiger partial charge in [-0.3, -0.25) is 19.3 Å². The molecule has 0 spiro atoms. The van der Waals surface area contributed by atoms with Crippen LogP contribution in [0.4, 0.5) is 5.69 Å². The second-order valence-electron chi connectivity index (χ2n) is 7.84. The summed E-state index contributed by atoms with van der Waals surface area (Å²) in [4.78, 5) is 41.3. The molecule has 0 saturated heterocycles. The van der Waals surface area contributed by atoms with E-state index in [0.717, 1.165) is 32.1 Å². The SMILES string of the molecule is CCCC(=O)c1ccc2c(c1)N(CC(=O)N(C)C1CCCCC1)C(=O)C(C)O2. The normalized spacial score (nSPS) is 19.8. The smallest absolute Gasteiger partial charge is 0.268 e. The van der Waals surface area contributed by atoms with Gasteiger partial charge in [0.1, 0.15) is 12.3 Å². The molecular formula is C22H30N2O4. The monoisotopic (exact) mass is 386 g/mol. The Hall–Kier alpha value is -2.37. The van der Waals surface area contributed by atoms with Gasteiger partial charge in [-0.2, -0.15) is 0 Å². The van der Waals surface area contributed by atoms with Gasteiger partial charge in [0.25, 0.3) is 5.91 Å². The van der Waals surface area contributed by atoms with E-state index in [0.29, 0.717) is 23.4 Å². The van der Waals surface area contributed by atoms with Gasteiger partial charge in [-0.25, -0.2) is 0 Å². The summed E-state index contributed by atoms with van der Waals surface area (Å²) >= 11 is 0. The molecule has 0 aromatic heterocycles. The molecule has 0 radical (unpaired) electrons. The molecule has 1 fully saturated rings. The Morgan fingerprint density at radius 2 is 1.93 bits per heavy atom. The van der Waals surface area contributed by atoms with E-state index in [9.17, 15) is 14.4 Å². The Kier molecular flexibility index (Phi) is 6.37. The third-order valence-electron chi connectivity index (χ3n) is 5.78. The highest BCUT2D eigenvalue weighted by Crippen LogP contribution is 2.35. The van der Waals surface area contributed by atoms with Crippen LogP contribution >= 0.6 is 0 Å². The van der Waals surface area contributed by atoms with Crippen LogP contribution in [0.15, 0.2) is 18.2 Å². The number of likely N-dealkylation sites (N-methyl/N-ethyl adjacent to an activating group) is 1. The number of anilines is 1. The predicted octanol–water partition coefficient (Wildman–Crippen LogP) is 3.57. The van der Waals surface area contributed by atoms with Crippen molar-refractivity contribution in [3.05, 3.63) is 23.8 Å². The van der Waals surface area contributed by atoms with Crippen molar-refractivity contribution in [1.29, 1.82) is 0 Å². The van der Waals surface area contributed by atoms with Crippen molar-refractivity contribution < 1.29 is 19.1 Å². The fourth-order valence-corrected chi connectivity index (χ4v) is 4.03. The number of rotatable bonds is 6. The Balaban J connectivity index is 1.83. The molecule has 152 valence electrons. The van der Waals surface area contributed by atoms with Crippen LogP contribution in [0.5, 0.6) is 5.75 Å². The maximum atomic E-state index is 12.9. The number of amides is 2. The molecule has 1 heterocycles. The highest BCUT2D eigenvalue weighted by atomic mass is 16.5. The summed E-state index contributed by atoms with van der Waals surface area (Å²) in [6.07, 6.45) is 6.09. The van der Waals surface area contributed by atoms with Gasteiger partial charge >= 0.3 is 0 Å². The first-order chi connectivity index (χ1) is 13.4. The van der Waals surface area contributed by atoms with Gasteiger partial charge in [0.2, 0.25) is 5.91 Å². The molecule has 6 nitrogen and oxygen atoms in total. The van der Waals surface area contributed by atoms with Crippen molar-refractivity contribution >= 4 is 23.3 Å². The standard InChI is InChI=1S/C22H30N2O4/c1-4-8-19(25)16-11-12-20-18(13-16)24(22(27)15(2)28-20)14-21(26)23(3)17-9-6-5-7-10-17/h11-13,15,17H,4-10,14H2,1-3H3. The van der Waals surface area contributed by atoms with Crippen molar-refractivity contribution in [2.24, 2.45) is 0 Å². The van der Waals surface area contributed by atoms with Crippen LogP contribution < -0.4 is 9.64 Å². The number of hydrogen-bond donors (Lipinski definition) is 0. The van der Waals surface area contributed by atoms with Gasteiger partial charge in [0.15, 0.2) is 11.9 Å². The van der Waals surface area contributed by atoms with Crippen LogP contribution in [-0.4, -0.2) is 48.2 Å². The zero-order chi connectivity index (χ0) is 20.3. The van der Waals surface area contributed by atoms with Crippen molar-refractivity contribution in [2.45, 2.75) is 70.9 Å². The maximum absolute atomic E-state index is 12.9. The number of hydrogen-bond acceptors (Lipinski definition) is 4. The van der Waals surface area contributed by atoms with Crippen LogP contribution in [0, 0.1) is 0 Å². The molecule has 1 saturated carbocycles. The zero-order valence-corrected chi connectivity index (χ0v) is 17.1. The van der Waals surface area contributed by atoms with Gasteiger partial charge in [0.05, 0.1) is 5.69 Å². The molecule has 1 aliphatic carbocycles. The van der Waals surface area contributed by atoms with E-state index < -0.39 is 6.10 Å². The molecule has 1 unspecified atom stereocenters. The Morgan fingerprint density at radius 3 is 2.61 bits per heavy atom. The molecule has 0 N–H and O–H groups in total. The first kappa shape index (κ1) is 20.4. The molecule has 6 heteroatoms. The van der Waals surface area contributed by atoms with E-state index in [2.05, 4.69) is 0 Å². The number of Topliss-reactive ketones (excluding diaryl/α,β-unsaturated/α-hetero) is 1. The number of benzene rings is 1. The Labute approximate surface area is 166 Å². The average molecular weight is 386 g/mol. The molecule has 1 aromatic carbocycles. The van der Waals surface area contributed by atoms with Gasteiger partial charge in [-0.1, -0.05) is 26.2 Å². The van der Waals surface area contributed by atoms with Crippen LogP contribution in [-0.2, 0) is 9.59 Å². The number of nitrogens with zero attached hydrogens (tertiary/aromatic N) is 2. The lowest BCUT2D eigenvalue weighted by molar-refractivity contribution is -0.134. The van der Waals surface area contributed by atoms with E-state index in [1.165, 1.54) is 11.3 Å². The third kappa shape index (κ3) is 4.21. The molecular weight excluding hydrogens is 356 g/mol. The van der Waals surface area contributed by atoms with Crippen molar-refractivity contribution in [3.8, 4) is 5.75 Å². The van der Waals surface area contributed by atoms with Crippen LogP contribution in [0.1, 0.15) is 69.2 Å². The molecule has 0 bridgehead atoms. The molecule has 2 amide bonds. The number of carbonyl (C=O) groups excluding carboxylic acids is 3. The minimum atomic E-state index is -0.655. The zero-order valence-electron chi connectivity index (χ0n) is 17.1. The second-order valence-corrected chi connectivity index (χ2v) is 7.84.